The van der Waals surface area contributed by atoms with Crippen molar-refractivity contribution < 1.29 is 4.21 Å². The van der Waals surface area contributed by atoms with E-state index in [1.807, 2.05) is 18.5 Å². The summed E-state index contributed by atoms with van der Waals surface area (Å²) < 4.78 is 11.6. The van der Waals surface area contributed by atoms with Crippen molar-refractivity contribution in [3.05, 3.63) is 42.2 Å². The van der Waals surface area contributed by atoms with Crippen molar-refractivity contribution in [1.29, 1.82) is 0 Å². The lowest BCUT2D eigenvalue weighted by Crippen LogP contribution is -2.49. The number of hydrogen-bond donors (Lipinski definition) is 1. The maximum Gasteiger partial charge on any atom is 0.227 e. The Bertz CT molecular complexity index is 1190. The van der Waals surface area contributed by atoms with E-state index in [1.165, 1.54) is 41.3 Å². The van der Waals surface area contributed by atoms with Crippen LogP contribution < -0.4 is 15.1 Å². The van der Waals surface area contributed by atoms with Gasteiger partial charge in [0.05, 0.1) is 0 Å². The van der Waals surface area contributed by atoms with E-state index in [1.54, 1.807) is 6.26 Å². The highest BCUT2D eigenvalue weighted by molar-refractivity contribution is 7.84. The third kappa shape index (κ3) is 4.87. The summed E-state index contributed by atoms with van der Waals surface area (Å²) in [7, 11) is -0.740. The summed E-state index contributed by atoms with van der Waals surface area (Å²) in [6.07, 6.45) is 9.27. The normalized spacial score (nSPS) is 17.8. The molecule has 0 radical (unpaired) electrons. The van der Waals surface area contributed by atoms with Gasteiger partial charge in [-0.1, -0.05) is 19.9 Å². The Morgan fingerprint density at radius 1 is 1.03 bits per heavy atom. The molecule has 3 aromatic rings. The SMILES string of the molecule is CC(C)c1ccc(N2CC(CS(C)=O)C2)c2cnc(Nc3ccnc(N4CCCCC4)n3)cc12. The molecule has 0 aliphatic carbocycles. The molecule has 2 aromatic heterocycles. The minimum Gasteiger partial charge on any atom is -0.370 e. The summed E-state index contributed by atoms with van der Waals surface area (Å²) in [6.45, 7) is 8.40. The zero-order chi connectivity index (χ0) is 23.7. The Kier molecular flexibility index (Phi) is 6.68. The summed E-state index contributed by atoms with van der Waals surface area (Å²) >= 11 is 0. The number of piperidine rings is 1. The molecule has 1 atom stereocenters. The van der Waals surface area contributed by atoms with Gasteiger partial charge in [-0.2, -0.15) is 4.98 Å². The zero-order valence-corrected chi connectivity index (χ0v) is 21.1. The summed E-state index contributed by atoms with van der Waals surface area (Å²) in [5, 5.41) is 5.80. The van der Waals surface area contributed by atoms with E-state index in [0.29, 0.717) is 11.8 Å². The van der Waals surface area contributed by atoms with Gasteiger partial charge in [0, 0.05) is 78.4 Å². The molecule has 7 nitrogen and oxygen atoms in total. The van der Waals surface area contributed by atoms with Gasteiger partial charge in [0.2, 0.25) is 5.95 Å². The molecule has 1 aromatic carbocycles. The summed E-state index contributed by atoms with van der Waals surface area (Å²) in [4.78, 5) is 18.7. The van der Waals surface area contributed by atoms with Crippen molar-refractivity contribution in [2.45, 2.75) is 39.0 Å². The first-order valence-corrected chi connectivity index (χ1v) is 14.0. The average Bonchev–Trinajstić information content (AvgIpc) is 2.81. The van der Waals surface area contributed by atoms with Gasteiger partial charge < -0.3 is 15.1 Å². The van der Waals surface area contributed by atoms with Crippen molar-refractivity contribution >= 4 is 44.8 Å². The number of pyridine rings is 1. The number of anilines is 4. The predicted octanol–water partition coefficient (Wildman–Crippen LogP) is 4.70. The first kappa shape index (κ1) is 23.0. The van der Waals surface area contributed by atoms with Gasteiger partial charge in [-0.15, -0.1) is 0 Å². The lowest BCUT2D eigenvalue weighted by atomic mass is 9.93. The van der Waals surface area contributed by atoms with Gasteiger partial charge in [-0.3, -0.25) is 4.21 Å². The molecule has 2 saturated heterocycles. The monoisotopic (exact) mass is 478 g/mol. The van der Waals surface area contributed by atoms with Crippen LogP contribution in [0.1, 0.15) is 44.6 Å². The fraction of sp³-hybridized carbons (Fsp3) is 0.500. The Labute approximate surface area is 204 Å². The molecule has 0 bridgehead atoms. The van der Waals surface area contributed by atoms with Crippen molar-refractivity contribution in [3.8, 4) is 0 Å². The van der Waals surface area contributed by atoms with Gasteiger partial charge in [0.15, 0.2) is 0 Å². The molecule has 0 saturated carbocycles. The number of nitrogens with one attached hydrogen (secondary N) is 1. The van der Waals surface area contributed by atoms with Crippen LogP contribution in [0.2, 0.25) is 0 Å². The fourth-order valence-corrected chi connectivity index (χ4v) is 5.97. The predicted molar refractivity (Wildman–Crippen MR) is 142 cm³/mol. The van der Waals surface area contributed by atoms with Crippen LogP contribution in [-0.4, -0.2) is 57.3 Å². The van der Waals surface area contributed by atoms with Gasteiger partial charge >= 0.3 is 0 Å². The summed E-state index contributed by atoms with van der Waals surface area (Å²) in [5.74, 6) is 4.04. The van der Waals surface area contributed by atoms with Gasteiger partial charge in [0.1, 0.15) is 11.6 Å². The first-order valence-electron chi connectivity index (χ1n) is 12.3. The summed E-state index contributed by atoms with van der Waals surface area (Å²) in [5.41, 5.74) is 2.53. The van der Waals surface area contributed by atoms with Crippen LogP contribution in [0, 0.1) is 5.92 Å². The molecule has 1 N–H and O–H groups in total. The van der Waals surface area contributed by atoms with E-state index in [9.17, 15) is 4.21 Å². The van der Waals surface area contributed by atoms with E-state index < -0.39 is 10.8 Å². The summed E-state index contributed by atoms with van der Waals surface area (Å²) in [6, 6.07) is 8.52. The highest BCUT2D eigenvalue weighted by Gasteiger charge is 2.29. The van der Waals surface area contributed by atoms with E-state index in [0.717, 1.165) is 49.5 Å². The minimum absolute atomic E-state index is 0.406. The van der Waals surface area contributed by atoms with Gasteiger partial charge in [-0.05, 0) is 54.3 Å². The molecule has 180 valence electrons. The molecule has 1 unspecified atom stereocenters. The third-order valence-corrected chi connectivity index (χ3v) is 7.78. The van der Waals surface area contributed by atoms with E-state index >= 15 is 0 Å². The Balaban J connectivity index is 1.41. The van der Waals surface area contributed by atoms with Crippen LogP contribution in [0.25, 0.3) is 10.8 Å². The highest BCUT2D eigenvalue weighted by atomic mass is 32.2. The molecular weight excluding hydrogens is 444 g/mol. The molecular formula is C26H34N6OS. The fourth-order valence-electron chi connectivity index (χ4n) is 5.09. The molecule has 2 aliphatic rings. The molecule has 0 spiro atoms. The Morgan fingerprint density at radius 3 is 2.56 bits per heavy atom. The molecule has 2 fully saturated rings. The van der Waals surface area contributed by atoms with Crippen LogP contribution in [0.5, 0.6) is 0 Å². The van der Waals surface area contributed by atoms with Crippen LogP contribution in [0.3, 0.4) is 0 Å². The van der Waals surface area contributed by atoms with Crippen molar-refractivity contribution in [2.75, 3.05) is 53.3 Å². The van der Waals surface area contributed by atoms with Gasteiger partial charge in [-0.25, -0.2) is 9.97 Å². The van der Waals surface area contributed by atoms with E-state index in [2.05, 4.69) is 52.1 Å². The van der Waals surface area contributed by atoms with Crippen LogP contribution in [0.15, 0.2) is 36.7 Å². The van der Waals surface area contributed by atoms with E-state index in [-0.39, 0.29) is 0 Å². The zero-order valence-electron chi connectivity index (χ0n) is 20.3. The quantitative estimate of drug-likeness (QED) is 0.528. The van der Waals surface area contributed by atoms with Crippen molar-refractivity contribution in [2.24, 2.45) is 5.92 Å². The standard InChI is InChI=1S/C26H34N6OS/c1-18(2)20-7-8-23(32-15-19(16-32)17-34(3)33)22-14-28-25(13-21(20)22)29-24-9-10-27-26(30-24)31-11-5-4-6-12-31/h7-10,13-14,18-19H,4-6,11-12,15-17H2,1-3H3,(H,27,28,29,30). The van der Waals surface area contributed by atoms with Crippen LogP contribution >= 0.6 is 0 Å². The maximum atomic E-state index is 11.6. The lowest BCUT2D eigenvalue weighted by molar-refractivity contribution is 0.452. The van der Waals surface area contributed by atoms with Crippen LogP contribution in [-0.2, 0) is 10.8 Å². The Hall–Kier alpha value is -2.74. The molecule has 8 heteroatoms. The number of fused-ring (bicyclic) bond motifs is 1. The van der Waals surface area contributed by atoms with E-state index in [4.69, 9.17) is 9.97 Å². The molecule has 4 heterocycles. The molecule has 0 amide bonds. The van der Waals surface area contributed by atoms with Crippen LogP contribution in [0.4, 0.5) is 23.3 Å². The molecule has 2 aliphatic heterocycles. The molecule has 34 heavy (non-hydrogen) atoms. The smallest absolute Gasteiger partial charge is 0.227 e. The number of rotatable bonds is 7. The number of hydrogen-bond acceptors (Lipinski definition) is 7. The second-order valence-corrected chi connectivity index (χ2v) is 11.3. The minimum atomic E-state index is -0.740. The maximum absolute atomic E-state index is 11.6. The topological polar surface area (TPSA) is 74.2 Å². The molecule has 5 rings (SSSR count). The number of benzene rings is 1. The van der Waals surface area contributed by atoms with Crippen molar-refractivity contribution in [1.82, 2.24) is 15.0 Å². The number of nitrogens with zero attached hydrogens (tertiary/aromatic N) is 5. The number of aromatic nitrogens is 3. The van der Waals surface area contributed by atoms with Gasteiger partial charge in [0.25, 0.3) is 0 Å². The first-order chi connectivity index (χ1) is 16.5. The highest BCUT2D eigenvalue weighted by Crippen LogP contribution is 2.37. The largest absolute Gasteiger partial charge is 0.370 e. The lowest BCUT2D eigenvalue weighted by Gasteiger charge is -2.41. The second kappa shape index (κ2) is 9.86. The second-order valence-electron chi connectivity index (χ2n) is 9.87. The van der Waals surface area contributed by atoms with Crippen molar-refractivity contribution in [3.63, 3.8) is 0 Å². The third-order valence-electron chi connectivity index (χ3n) is 6.84. The Morgan fingerprint density at radius 2 is 1.82 bits per heavy atom. The average molecular weight is 479 g/mol.